The van der Waals surface area contributed by atoms with Crippen LogP contribution < -0.4 is 4.90 Å². The number of halogens is 3. The van der Waals surface area contributed by atoms with Crippen molar-refractivity contribution in [3.8, 4) is 0 Å². The molecule has 6 nitrogen and oxygen atoms in total. The highest BCUT2D eigenvalue weighted by Gasteiger charge is 2.51. The Hall–Kier alpha value is -2.04. The summed E-state index contributed by atoms with van der Waals surface area (Å²) in [6.45, 7) is 3.35. The molecule has 1 fully saturated rings. The van der Waals surface area contributed by atoms with Crippen molar-refractivity contribution < 1.29 is 31.1 Å². The Morgan fingerprint density at radius 1 is 1.14 bits per heavy atom. The van der Waals surface area contributed by atoms with Crippen LogP contribution in [0.5, 0.6) is 0 Å². The summed E-state index contributed by atoms with van der Waals surface area (Å²) < 4.78 is 70.4. The van der Waals surface area contributed by atoms with Crippen molar-refractivity contribution in [1.82, 2.24) is 4.31 Å². The number of aliphatic hydroxyl groups is 1. The number of hydrogen-bond acceptors (Lipinski definition) is 5. The van der Waals surface area contributed by atoms with Crippen LogP contribution in [0.2, 0.25) is 0 Å². The first kappa shape index (κ1) is 20.7. The third kappa shape index (κ3) is 3.63. The molecule has 0 spiro atoms. The SMILES string of the molecule is C[C@H]1CN(S(=O)(=O)c2ccco2)CCN1c1ccc([C@@](C)(O)C(F)(F)F)cc1. The molecule has 0 bridgehead atoms. The lowest BCUT2D eigenvalue weighted by atomic mass is 9.95. The van der Waals surface area contributed by atoms with Gasteiger partial charge in [0.05, 0.1) is 6.26 Å². The first-order chi connectivity index (χ1) is 12.9. The second kappa shape index (κ2) is 7.09. The van der Waals surface area contributed by atoms with E-state index in [1.807, 2.05) is 11.8 Å². The molecule has 2 atom stereocenters. The van der Waals surface area contributed by atoms with E-state index in [4.69, 9.17) is 4.42 Å². The zero-order chi connectivity index (χ0) is 20.7. The van der Waals surface area contributed by atoms with Gasteiger partial charge in [-0.3, -0.25) is 0 Å². The summed E-state index contributed by atoms with van der Waals surface area (Å²) in [6.07, 6.45) is -3.49. The minimum Gasteiger partial charge on any atom is -0.452 e. The maximum atomic E-state index is 13.0. The number of alkyl halides is 3. The van der Waals surface area contributed by atoms with Gasteiger partial charge in [0.2, 0.25) is 5.09 Å². The lowest BCUT2D eigenvalue weighted by molar-refractivity contribution is -0.258. The molecule has 2 heterocycles. The number of benzene rings is 1. The minimum atomic E-state index is -4.78. The Morgan fingerprint density at radius 3 is 2.29 bits per heavy atom. The summed E-state index contributed by atoms with van der Waals surface area (Å²) in [7, 11) is -3.72. The Bertz CT molecular complexity index is 909. The predicted octanol–water partition coefficient (Wildman–Crippen LogP) is 2.95. The first-order valence-corrected chi connectivity index (χ1v) is 10.1. The highest BCUT2D eigenvalue weighted by atomic mass is 32.2. The zero-order valence-corrected chi connectivity index (χ0v) is 16.2. The summed E-state index contributed by atoms with van der Waals surface area (Å²) in [4.78, 5) is 1.92. The van der Waals surface area contributed by atoms with Crippen LogP contribution in [0.1, 0.15) is 19.4 Å². The van der Waals surface area contributed by atoms with Crippen molar-refractivity contribution in [3.05, 3.63) is 48.2 Å². The molecule has 0 unspecified atom stereocenters. The fourth-order valence-electron chi connectivity index (χ4n) is 3.20. The van der Waals surface area contributed by atoms with Crippen LogP contribution in [0, 0.1) is 0 Å². The largest absolute Gasteiger partial charge is 0.452 e. The van der Waals surface area contributed by atoms with E-state index in [-0.39, 0.29) is 29.8 Å². The average Bonchev–Trinajstić information content (AvgIpc) is 3.16. The lowest BCUT2D eigenvalue weighted by Crippen LogP contribution is -2.53. The summed E-state index contributed by atoms with van der Waals surface area (Å²) in [5.74, 6) is 0. The Labute approximate surface area is 161 Å². The van der Waals surface area contributed by atoms with Gasteiger partial charge in [-0.05, 0) is 43.7 Å². The molecule has 10 heteroatoms. The fraction of sp³-hybridized carbons (Fsp3) is 0.444. The lowest BCUT2D eigenvalue weighted by Gasteiger charge is -2.40. The topological polar surface area (TPSA) is 74.0 Å². The van der Waals surface area contributed by atoms with Gasteiger partial charge in [-0.1, -0.05) is 12.1 Å². The van der Waals surface area contributed by atoms with Crippen LogP contribution in [-0.4, -0.2) is 49.7 Å². The minimum absolute atomic E-state index is 0.119. The van der Waals surface area contributed by atoms with Gasteiger partial charge in [-0.2, -0.15) is 17.5 Å². The van der Waals surface area contributed by atoms with E-state index in [1.165, 1.54) is 47.0 Å². The first-order valence-electron chi connectivity index (χ1n) is 8.64. The molecule has 1 aliphatic rings. The van der Waals surface area contributed by atoms with Gasteiger partial charge in [0.1, 0.15) is 0 Å². The van der Waals surface area contributed by atoms with Crippen molar-refractivity contribution >= 4 is 15.7 Å². The summed E-state index contributed by atoms with van der Waals surface area (Å²) >= 11 is 0. The van der Waals surface area contributed by atoms with Gasteiger partial charge < -0.3 is 14.4 Å². The number of nitrogens with zero attached hydrogens (tertiary/aromatic N) is 2. The molecule has 1 aromatic heterocycles. The number of sulfonamides is 1. The van der Waals surface area contributed by atoms with Crippen molar-refractivity contribution in [2.24, 2.45) is 0 Å². The van der Waals surface area contributed by atoms with Gasteiger partial charge in [0.25, 0.3) is 10.0 Å². The predicted molar refractivity (Wildman–Crippen MR) is 96.3 cm³/mol. The summed E-state index contributed by atoms with van der Waals surface area (Å²) in [6, 6.07) is 8.17. The van der Waals surface area contributed by atoms with Crippen LogP contribution in [0.25, 0.3) is 0 Å². The molecule has 1 N–H and O–H groups in total. The molecule has 154 valence electrons. The van der Waals surface area contributed by atoms with E-state index in [1.54, 1.807) is 0 Å². The molecule has 0 aliphatic carbocycles. The second-order valence-corrected chi connectivity index (χ2v) is 8.82. The van der Waals surface area contributed by atoms with Gasteiger partial charge in [0.15, 0.2) is 5.60 Å². The van der Waals surface area contributed by atoms with E-state index < -0.39 is 21.8 Å². The molecule has 0 saturated carbocycles. The monoisotopic (exact) mass is 418 g/mol. The number of furan rings is 1. The normalized spacial score (nSPS) is 21.5. The number of hydrogen-bond donors (Lipinski definition) is 1. The summed E-state index contributed by atoms with van der Waals surface area (Å²) in [5.41, 5.74) is -2.54. The molecule has 0 amide bonds. The molecule has 28 heavy (non-hydrogen) atoms. The summed E-state index contributed by atoms with van der Waals surface area (Å²) in [5, 5.41) is 9.65. The van der Waals surface area contributed by atoms with Crippen LogP contribution >= 0.6 is 0 Å². The Balaban J connectivity index is 1.75. The van der Waals surface area contributed by atoms with Gasteiger partial charge in [0, 0.05) is 31.4 Å². The Morgan fingerprint density at radius 2 is 1.79 bits per heavy atom. The Kier molecular flexibility index (Phi) is 5.24. The van der Waals surface area contributed by atoms with E-state index in [0.29, 0.717) is 19.2 Å². The molecule has 3 rings (SSSR count). The van der Waals surface area contributed by atoms with E-state index in [0.717, 1.165) is 0 Å². The number of anilines is 1. The number of rotatable bonds is 4. The maximum Gasteiger partial charge on any atom is 0.421 e. The van der Waals surface area contributed by atoms with Crippen LogP contribution in [-0.2, 0) is 15.6 Å². The molecule has 0 radical (unpaired) electrons. The highest BCUT2D eigenvalue weighted by Crippen LogP contribution is 2.39. The van der Waals surface area contributed by atoms with Crippen molar-refractivity contribution in [2.75, 3.05) is 24.5 Å². The van der Waals surface area contributed by atoms with Crippen LogP contribution in [0.15, 0.2) is 52.2 Å². The molecule has 1 aromatic carbocycles. The third-order valence-electron chi connectivity index (χ3n) is 4.99. The number of piperazine rings is 1. The smallest absolute Gasteiger partial charge is 0.421 e. The zero-order valence-electron chi connectivity index (χ0n) is 15.3. The van der Waals surface area contributed by atoms with Crippen molar-refractivity contribution in [1.29, 1.82) is 0 Å². The molecule has 2 aromatic rings. The van der Waals surface area contributed by atoms with Crippen LogP contribution in [0.4, 0.5) is 18.9 Å². The molecule has 1 aliphatic heterocycles. The fourth-order valence-corrected chi connectivity index (χ4v) is 4.62. The molecular formula is C18H21F3N2O4S. The molecular weight excluding hydrogens is 397 g/mol. The molecule has 1 saturated heterocycles. The quantitative estimate of drug-likeness (QED) is 0.827. The van der Waals surface area contributed by atoms with E-state index >= 15 is 0 Å². The van der Waals surface area contributed by atoms with Gasteiger partial charge >= 0.3 is 6.18 Å². The van der Waals surface area contributed by atoms with Gasteiger partial charge in [-0.25, -0.2) is 8.42 Å². The van der Waals surface area contributed by atoms with E-state index in [2.05, 4.69) is 0 Å². The average molecular weight is 418 g/mol. The van der Waals surface area contributed by atoms with Crippen LogP contribution in [0.3, 0.4) is 0 Å². The van der Waals surface area contributed by atoms with Crippen molar-refractivity contribution in [3.63, 3.8) is 0 Å². The second-order valence-electron chi connectivity index (χ2n) is 6.95. The standard InChI is InChI=1S/C18H21F3N2O4S/c1-13-12-22(28(25,26)16-4-3-11-27-16)9-10-23(13)15-7-5-14(6-8-15)17(2,24)18(19,20)21/h3-8,11,13,24H,9-10,12H2,1-2H3/t13-,17+/m0/s1. The highest BCUT2D eigenvalue weighted by molar-refractivity contribution is 7.89. The third-order valence-corrected chi connectivity index (χ3v) is 6.74. The van der Waals surface area contributed by atoms with Crippen molar-refractivity contribution in [2.45, 2.75) is 36.8 Å². The van der Waals surface area contributed by atoms with E-state index in [9.17, 15) is 26.7 Å². The maximum absolute atomic E-state index is 13.0. The van der Waals surface area contributed by atoms with Gasteiger partial charge in [-0.15, -0.1) is 0 Å².